The average Bonchev–Trinajstić information content (AvgIpc) is 2.86. The number of methoxy groups -OCH3 is 1. The molecule has 2 rings (SSSR count). The lowest BCUT2D eigenvalue weighted by Gasteiger charge is -2.58. The summed E-state index contributed by atoms with van der Waals surface area (Å²) in [6, 6.07) is 0. The van der Waals surface area contributed by atoms with E-state index < -0.39 is 5.54 Å². The summed E-state index contributed by atoms with van der Waals surface area (Å²) in [5.74, 6) is 0.0491. The lowest BCUT2D eigenvalue weighted by atomic mass is 9.54. The van der Waals surface area contributed by atoms with Crippen LogP contribution in [0.15, 0.2) is 0 Å². The van der Waals surface area contributed by atoms with Gasteiger partial charge in [0.2, 0.25) is 5.91 Å². The Labute approximate surface area is 115 Å². The molecule has 1 amide bonds. The molecule has 0 aromatic carbocycles. The van der Waals surface area contributed by atoms with Crippen molar-refractivity contribution < 1.29 is 14.3 Å². The summed E-state index contributed by atoms with van der Waals surface area (Å²) in [6.07, 6.45) is 1.74. The van der Waals surface area contributed by atoms with Crippen LogP contribution in [0.3, 0.4) is 0 Å². The van der Waals surface area contributed by atoms with Gasteiger partial charge < -0.3 is 20.1 Å². The van der Waals surface area contributed by atoms with Crippen molar-refractivity contribution in [2.75, 3.05) is 26.8 Å². The first kappa shape index (κ1) is 14.8. The van der Waals surface area contributed by atoms with Gasteiger partial charge in [-0.3, -0.25) is 4.79 Å². The number of hydrogen-bond donors (Lipinski definition) is 1. The van der Waals surface area contributed by atoms with Gasteiger partial charge in [-0.1, -0.05) is 13.8 Å². The van der Waals surface area contributed by atoms with Crippen molar-refractivity contribution in [2.45, 2.75) is 51.4 Å². The van der Waals surface area contributed by atoms with E-state index in [1.54, 1.807) is 7.11 Å². The van der Waals surface area contributed by atoms with E-state index in [9.17, 15) is 4.79 Å². The molecule has 0 aromatic rings. The molecule has 2 N–H and O–H groups in total. The van der Waals surface area contributed by atoms with E-state index in [1.807, 2.05) is 25.7 Å². The maximum atomic E-state index is 12.7. The van der Waals surface area contributed by atoms with Gasteiger partial charge in [-0.15, -0.1) is 0 Å². The molecule has 1 saturated heterocycles. The smallest absolute Gasteiger partial charge is 0.243 e. The molecule has 1 saturated carbocycles. The summed E-state index contributed by atoms with van der Waals surface area (Å²) >= 11 is 0. The first-order chi connectivity index (χ1) is 8.86. The van der Waals surface area contributed by atoms with Gasteiger partial charge >= 0.3 is 0 Å². The predicted octanol–water partition coefficient (Wildman–Crippen LogP) is 0.766. The Hall–Kier alpha value is -0.650. The summed E-state index contributed by atoms with van der Waals surface area (Å²) in [4.78, 5) is 14.5. The molecule has 2 aliphatic rings. The first-order valence-electron chi connectivity index (χ1n) is 7.09. The molecule has 0 aromatic heterocycles. The standard InChI is InChI=1S/C14H26N2O3/c1-5-19-11-8-14(15,13(11,2)3)12(17)16-7-6-10(9-16)18-4/h10-11H,5-9,15H2,1-4H3. The molecular formula is C14H26N2O3. The summed E-state index contributed by atoms with van der Waals surface area (Å²) < 4.78 is 11.0. The van der Waals surface area contributed by atoms with Crippen LogP contribution in [0.4, 0.5) is 0 Å². The van der Waals surface area contributed by atoms with Gasteiger partial charge in [0.15, 0.2) is 0 Å². The Kier molecular flexibility index (Phi) is 3.91. The van der Waals surface area contributed by atoms with Crippen molar-refractivity contribution in [2.24, 2.45) is 11.1 Å². The van der Waals surface area contributed by atoms with Crippen molar-refractivity contribution in [3.63, 3.8) is 0 Å². The van der Waals surface area contributed by atoms with E-state index in [2.05, 4.69) is 0 Å². The van der Waals surface area contributed by atoms with E-state index in [1.165, 1.54) is 0 Å². The molecule has 3 unspecified atom stereocenters. The van der Waals surface area contributed by atoms with Gasteiger partial charge in [-0.2, -0.15) is 0 Å². The Bertz CT molecular complexity index is 359. The second kappa shape index (κ2) is 5.04. The highest BCUT2D eigenvalue weighted by molar-refractivity contribution is 5.89. The van der Waals surface area contributed by atoms with Crippen molar-refractivity contribution in [1.29, 1.82) is 0 Å². The molecule has 5 nitrogen and oxygen atoms in total. The summed E-state index contributed by atoms with van der Waals surface area (Å²) in [5, 5.41) is 0. The van der Waals surface area contributed by atoms with E-state index >= 15 is 0 Å². The average molecular weight is 270 g/mol. The predicted molar refractivity (Wildman–Crippen MR) is 72.7 cm³/mol. The van der Waals surface area contributed by atoms with Crippen LogP contribution in [0.1, 0.15) is 33.6 Å². The molecule has 1 aliphatic carbocycles. The van der Waals surface area contributed by atoms with Crippen LogP contribution >= 0.6 is 0 Å². The fraction of sp³-hybridized carbons (Fsp3) is 0.929. The van der Waals surface area contributed by atoms with Crippen LogP contribution in [0.25, 0.3) is 0 Å². The summed E-state index contributed by atoms with van der Waals surface area (Å²) in [6.45, 7) is 8.08. The van der Waals surface area contributed by atoms with Crippen LogP contribution in [0, 0.1) is 5.41 Å². The molecule has 0 radical (unpaired) electrons. The number of nitrogens with two attached hydrogens (primary N) is 1. The zero-order valence-corrected chi connectivity index (χ0v) is 12.4. The fourth-order valence-corrected chi connectivity index (χ4v) is 3.19. The molecule has 110 valence electrons. The van der Waals surface area contributed by atoms with Gasteiger partial charge in [-0.05, 0) is 13.3 Å². The van der Waals surface area contributed by atoms with Gasteiger partial charge in [-0.25, -0.2) is 0 Å². The summed E-state index contributed by atoms with van der Waals surface area (Å²) in [7, 11) is 1.69. The SMILES string of the molecule is CCOC1CC(N)(C(=O)N2CCC(OC)C2)C1(C)C. The quantitative estimate of drug-likeness (QED) is 0.819. The van der Waals surface area contributed by atoms with Crippen molar-refractivity contribution in [3.8, 4) is 0 Å². The molecule has 1 aliphatic heterocycles. The Balaban J connectivity index is 2.04. The zero-order valence-electron chi connectivity index (χ0n) is 12.4. The lowest BCUT2D eigenvalue weighted by Crippen LogP contribution is -2.75. The second-order valence-corrected chi connectivity index (χ2v) is 6.24. The summed E-state index contributed by atoms with van der Waals surface area (Å²) in [5.41, 5.74) is 5.29. The van der Waals surface area contributed by atoms with E-state index in [0.717, 1.165) is 13.0 Å². The Morgan fingerprint density at radius 3 is 2.63 bits per heavy atom. The maximum Gasteiger partial charge on any atom is 0.243 e. The van der Waals surface area contributed by atoms with Crippen molar-refractivity contribution in [1.82, 2.24) is 4.90 Å². The van der Waals surface area contributed by atoms with Crippen molar-refractivity contribution >= 4 is 5.91 Å². The maximum absolute atomic E-state index is 12.7. The van der Waals surface area contributed by atoms with Gasteiger partial charge in [0.1, 0.15) is 5.54 Å². The minimum Gasteiger partial charge on any atom is -0.380 e. The number of amides is 1. The normalized spacial score (nSPS) is 37.2. The minimum atomic E-state index is -0.796. The topological polar surface area (TPSA) is 64.8 Å². The third-order valence-electron chi connectivity index (χ3n) is 4.98. The van der Waals surface area contributed by atoms with Gasteiger partial charge in [0.05, 0.1) is 12.2 Å². The number of rotatable bonds is 4. The van der Waals surface area contributed by atoms with Gasteiger partial charge in [0, 0.05) is 38.6 Å². The largest absolute Gasteiger partial charge is 0.380 e. The fourth-order valence-electron chi connectivity index (χ4n) is 3.19. The van der Waals surface area contributed by atoms with E-state index in [0.29, 0.717) is 19.6 Å². The number of ether oxygens (including phenoxy) is 2. The lowest BCUT2D eigenvalue weighted by molar-refractivity contribution is -0.178. The zero-order chi connectivity index (χ0) is 14.3. The van der Waals surface area contributed by atoms with Crippen LogP contribution < -0.4 is 5.73 Å². The van der Waals surface area contributed by atoms with Gasteiger partial charge in [0.25, 0.3) is 0 Å². The molecule has 1 heterocycles. The van der Waals surface area contributed by atoms with Crippen LogP contribution in [0.5, 0.6) is 0 Å². The molecule has 0 spiro atoms. The Morgan fingerprint density at radius 2 is 2.16 bits per heavy atom. The number of carbonyl (C=O) groups excluding carboxylic acids is 1. The Morgan fingerprint density at radius 1 is 1.47 bits per heavy atom. The van der Waals surface area contributed by atoms with Crippen LogP contribution in [0.2, 0.25) is 0 Å². The second-order valence-electron chi connectivity index (χ2n) is 6.24. The minimum absolute atomic E-state index is 0.0491. The highest BCUT2D eigenvalue weighted by atomic mass is 16.5. The highest BCUT2D eigenvalue weighted by Gasteiger charge is 2.64. The number of carbonyl (C=O) groups is 1. The van der Waals surface area contributed by atoms with Crippen LogP contribution in [-0.2, 0) is 14.3 Å². The number of hydrogen-bond acceptors (Lipinski definition) is 4. The third-order valence-corrected chi connectivity index (χ3v) is 4.98. The van der Waals surface area contributed by atoms with Crippen LogP contribution in [-0.4, -0.2) is 55.4 Å². The molecule has 2 fully saturated rings. The number of nitrogens with zero attached hydrogens (tertiary/aromatic N) is 1. The monoisotopic (exact) mass is 270 g/mol. The van der Waals surface area contributed by atoms with E-state index in [4.69, 9.17) is 15.2 Å². The molecule has 0 bridgehead atoms. The highest BCUT2D eigenvalue weighted by Crippen LogP contribution is 2.50. The number of likely N-dealkylation sites (tertiary alicyclic amines) is 1. The molecule has 5 heteroatoms. The molecular weight excluding hydrogens is 244 g/mol. The first-order valence-corrected chi connectivity index (χ1v) is 7.09. The molecule has 19 heavy (non-hydrogen) atoms. The van der Waals surface area contributed by atoms with E-state index in [-0.39, 0.29) is 23.5 Å². The third kappa shape index (κ3) is 2.18. The molecule has 3 atom stereocenters. The van der Waals surface area contributed by atoms with Crippen molar-refractivity contribution in [3.05, 3.63) is 0 Å².